The van der Waals surface area contributed by atoms with E-state index in [2.05, 4.69) is 15.1 Å². The van der Waals surface area contributed by atoms with E-state index in [-0.39, 0.29) is 5.56 Å². The zero-order valence-electron chi connectivity index (χ0n) is 6.32. The molecule has 0 unspecified atom stereocenters. The zero-order valence-corrected chi connectivity index (χ0v) is 8.48. The second-order valence-corrected chi connectivity index (χ2v) is 3.28. The highest BCUT2D eigenvalue weighted by Crippen LogP contribution is 2.14. The van der Waals surface area contributed by atoms with Crippen molar-refractivity contribution in [1.82, 2.24) is 15.1 Å². The molecule has 0 bridgehead atoms. The summed E-state index contributed by atoms with van der Waals surface area (Å²) in [5, 5.41) is 3.62. The van der Waals surface area contributed by atoms with E-state index in [1.54, 1.807) is 6.07 Å². The number of hydrogen-bond donors (Lipinski definition) is 1. The molecule has 5 nitrogen and oxygen atoms in total. The second-order valence-electron chi connectivity index (χ2n) is 2.31. The smallest absolute Gasteiger partial charge is 0.260 e. The van der Waals surface area contributed by atoms with E-state index in [0.717, 1.165) is 0 Å². The Morgan fingerprint density at radius 1 is 1.46 bits per heavy atom. The molecular weight excluding hydrogens is 285 g/mol. The van der Waals surface area contributed by atoms with Gasteiger partial charge in [-0.3, -0.25) is 4.79 Å². The summed E-state index contributed by atoms with van der Waals surface area (Å²) >= 11 is 1.95. The SMILES string of the molecule is O=c1ccc(-c2nc(I)no2)c[nH]1. The van der Waals surface area contributed by atoms with Crippen LogP contribution in [0, 0.1) is 3.83 Å². The Morgan fingerprint density at radius 2 is 2.31 bits per heavy atom. The van der Waals surface area contributed by atoms with E-state index in [0.29, 0.717) is 15.3 Å². The van der Waals surface area contributed by atoms with Crippen molar-refractivity contribution in [3.63, 3.8) is 0 Å². The van der Waals surface area contributed by atoms with Crippen LogP contribution in [0.25, 0.3) is 11.5 Å². The van der Waals surface area contributed by atoms with Gasteiger partial charge in [0.2, 0.25) is 9.39 Å². The highest BCUT2D eigenvalue weighted by atomic mass is 127. The fraction of sp³-hybridized carbons (Fsp3) is 0. The topological polar surface area (TPSA) is 71.8 Å². The van der Waals surface area contributed by atoms with Crippen LogP contribution in [0.2, 0.25) is 0 Å². The van der Waals surface area contributed by atoms with Gasteiger partial charge in [-0.15, -0.1) is 0 Å². The fourth-order valence-electron chi connectivity index (χ4n) is 0.866. The van der Waals surface area contributed by atoms with Crippen LogP contribution >= 0.6 is 22.6 Å². The summed E-state index contributed by atoms with van der Waals surface area (Å²) in [5.74, 6) is 0.403. The molecule has 0 aromatic carbocycles. The van der Waals surface area contributed by atoms with Gasteiger partial charge < -0.3 is 9.51 Å². The van der Waals surface area contributed by atoms with Gasteiger partial charge in [0, 0.05) is 34.9 Å². The quantitative estimate of drug-likeness (QED) is 0.796. The van der Waals surface area contributed by atoms with Gasteiger partial charge in [0.15, 0.2) is 0 Å². The average molecular weight is 289 g/mol. The number of rotatable bonds is 1. The van der Waals surface area contributed by atoms with Crippen molar-refractivity contribution in [2.45, 2.75) is 0 Å². The number of nitrogens with zero attached hydrogens (tertiary/aromatic N) is 2. The molecule has 2 rings (SSSR count). The Morgan fingerprint density at radius 3 is 2.85 bits per heavy atom. The first kappa shape index (κ1) is 8.42. The van der Waals surface area contributed by atoms with Crippen LogP contribution in [0.5, 0.6) is 0 Å². The lowest BCUT2D eigenvalue weighted by Gasteiger charge is -1.89. The van der Waals surface area contributed by atoms with Crippen LogP contribution in [-0.4, -0.2) is 15.1 Å². The lowest BCUT2D eigenvalue weighted by atomic mass is 10.3. The largest absolute Gasteiger partial charge is 0.333 e. The molecule has 0 saturated heterocycles. The molecule has 0 aliphatic rings. The number of H-pyrrole nitrogens is 1. The molecular formula is C7H4IN3O2. The van der Waals surface area contributed by atoms with Crippen molar-refractivity contribution in [3.05, 3.63) is 32.5 Å². The Kier molecular flexibility index (Phi) is 2.13. The van der Waals surface area contributed by atoms with E-state index < -0.39 is 0 Å². The zero-order chi connectivity index (χ0) is 9.26. The van der Waals surface area contributed by atoms with Crippen molar-refractivity contribution in [3.8, 4) is 11.5 Å². The normalized spacial score (nSPS) is 10.2. The molecule has 2 heterocycles. The minimum absolute atomic E-state index is 0.155. The van der Waals surface area contributed by atoms with Gasteiger partial charge in [-0.1, -0.05) is 5.16 Å². The average Bonchev–Trinajstić information content (AvgIpc) is 2.53. The van der Waals surface area contributed by atoms with Crippen LogP contribution in [0.1, 0.15) is 0 Å². The van der Waals surface area contributed by atoms with E-state index in [1.165, 1.54) is 12.3 Å². The Balaban J connectivity index is 2.47. The van der Waals surface area contributed by atoms with Crippen molar-refractivity contribution < 1.29 is 4.52 Å². The number of pyridine rings is 1. The number of hydrogen-bond acceptors (Lipinski definition) is 4. The van der Waals surface area contributed by atoms with Crippen LogP contribution in [0.15, 0.2) is 27.6 Å². The van der Waals surface area contributed by atoms with Crippen molar-refractivity contribution in [1.29, 1.82) is 0 Å². The predicted octanol–water partition coefficient (Wildman–Crippen LogP) is 1.03. The minimum Gasteiger partial charge on any atom is -0.333 e. The van der Waals surface area contributed by atoms with Gasteiger partial charge in [-0.05, 0) is 6.07 Å². The maximum atomic E-state index is 10.7. The standard InChI is InChI=1S/C7H4IN3O2/c8-7-10-6(13-11-7)4-1-2-5(12)9-3-4/h1-3H,(H,9,12). The maximum Gasteiger partial charge on any atom is 0.260 e. The summed E-state index contributed by atoms with van der Waals surface area (Å²) in [6.07, 6.45) is 1.53. The van der Waals surface area contributed by atoms with Gasteiger partial charge in [-0.25, -0.2) is 0 Å². The summed E-state index contributed by atoms with van der Waals surface area (Å²) in [6.45, 7) is 0. The molecule has 0 aliphatic carbocycles. The summed E-state index contributed by atoms with van der Waals surface area (Å²) in [6, 6.07) is 3.04. The van der Waals surface area contributed by atoms with E-state index >= 15 is 0 Å². The predicted molar refractivity (Wildman–Crippen MR) is 53.1 cm³/mol. The van der Waals surface area contributed by atoms with Gasteiger partial charge in [0.25, 0.3) is 5.89 Å². The first-order valence-electron chi connectivity index (χ1n) is 3.44. The third kappa shape index (κ3) is 1.77. The summed E-state index contributed by atoms with van der Waals surface area (Å²) in [4.78, 5) is 17.3. The van der Waals surface area contributed by atoms with Crippen LogP contribution in [-0.2, 0) is 0 Å². The Labute approximate surface area is 86.3 Å². The molecule has 0 saturated carbocycles. The van der Waals surface area contributed by atoms with Gasteiger partial charge in [0.05, 0.1) is 5.56 Å². The van der Waals surface area contributed by atoms with Crippen molar-refractivity contribution in [2.75, 3.05) is 0 Å². The molecule has 66 valence electrons. The van der Waals surface area contributed by atoms with Gasteiger partial charge in [0.1, 0.15) is 0 Å². The fourth-order valence-corrected chi connectivity index (χ4v) is 1.18. The minimum atomic E-state index is -0.155. The van der Waals surface area contributed by atoms with E-state index in [9.17, 15) is 4.79 Å². The molecule has 13 heavy (non-hydrogen) atoms. The lowest BCUT2D eigenvalue weighted by molar-refractivity contribution is 0.425. The molecule has 2 aromatic heterocycles. The second kappa shape index (κ2) is 3.29. The van der Waals surface area contributed by atoms with Crippen LogP contribution in [0.3, 0.4) is 0 Å². The number of halogens is 1. The molecule has 0 atom stereocenters. The molecule has 0 radical (unpaired) electrons. The van der Waals surface area contributed by atoms with E-state index in [4.69, 9.17) is 4.52 Å². The summed E-state index contributed by atoms with van der Waals surface area (Å²) in [7, 11) is 0. The van der Waals surface area contributed by atoms with Crippen molar-refractivity contribution in [2.24, 2.45) is 0 Å². The first-order valence-corrected chi connectivity index (χ1v) is 4.52. The van der Waals surface area contributed by atoms with Crippen LogP contribution < -0.4 is 5.56 Å². The molecule has 0 spiro atoms. The summed E-state index contributed by atoms with van der Waals surface area (Å²) in [5.41, 5.74) is 0.549. The lowest BCUT2D eigenvalue weighted by Crippen LogP contribution is -2.01. The number of aromatic amines is 1. The summed E-state index contributed by atoms with van der Waals surface area (Å²) < 4.78 is 5.44. The molecule has 1 N–H and O–H groups in total. The van der Waals surface area contributed by atoms with Gasteiger partial charge >= 0.3 is 0 Å². The highest BCUT2D eigenvalue weighted by molar-refractivity contribution is 14.1. The molecule has 6 heteroatoms. The maximum absolute atomic E-state index is 10.7. The molecule has 0 fully saturated rings. The Bertz CT molecular complexity index is 456. The van der Waals surface area contributed by atoms with Gasteiger partial charge in [-0.2, -0.15) is 4.98 Å². The van der Waals surface area contributed by atoms with Crippen LogP contribution in [0.4, 0.5) is 0 Å². The third-order valence-corrected chi connectivity index (χ3v) is 1.87. The monoisotopic (exact) mass is 289 g/mol. The molecule has 0 amide bonds. The van der Waals surface area contributed by atoms with E-state index in [1.807, 2.05) is 22.6 Å². The van der Waals surface area contributed by atoms with Crippen molar-refractivity contribution >= 4 is 22.6 Å². The first-order chi connectivity index (χ1) is 6.25. The highest BCUT2D eigenvalue weighted by Gasteiger charge is 2.05. The number of nitrogens with one attached hydrogen (secondary N) is 1. The number of aromatic nitrogens is 3. The molecule has 2 aromatic rings. The Hall–Kier alpha value is -1.18. The molecule has 0 aliphatic heterocycles. The third-order valence-electron chi connectivity index (χ3n) is 1.43.